The molecule has 0 aliphatic heterocycles. The van der Waals surface area contributed by atoms with Gasteiger partial charge in [-0.25, -0.2) is 4.79 Å². The van der Waals surface area contributed by atoms with Crippen LogP contribution < -0.4 is 10.9 Å². The molecule has 1 aromatic carbocycles. The van der Waals surface area contributed by atoms with Crippen molar-refractivity contribution in [3.8, 4) is 11.1 Å². The summed E-state index contributed by atoms with van der Waals surface area (Å²) >= 11 is 0. The molecule has 21 heavy (non-hydrogen) atoms. The quantitative estimate of drug-likeness (QED) is 0.919. The molecule has 5 nitrogen and oxygen atoms in total. The third-order valence-corrected chi connectivity index (χ3v) is 3.09. The number of carbonyl (C=O) groups excluding carboxylic acids is 1. The van der Waals surface area contributed by atoms with Crippen molar-refractivity contribution in [2.45, 2.75) is 33.9 Å². The summed E-state index contributed by atoms with van der Waals surface area (Å²) < 4.78 is 6.38. The standard InChI is InChI=1S/C16H20N2O3/c1-11(2)8-13-4-6-14(7-5-13)15-9-18(21-16(15)20)10-17-12(3)19/h4-7,9,11H,8,10H2,1-3H3,(H,17,19). The highest BCUT2D eigenvalue weighted by molar-refractivity contribution is 5.72. The first kappa shape index (κ1) is 15.1. The molecule has 0 fully saturated rings. The Balaban J connectivity index is 2.18. The van der Waals surface area contributed by atoms with Gasteiger partial charge in [0.15, 0.2) is 0 Å². The second kappa shape index (κ2) is 6.43. The topological polar surface area (TPSA) is 64.2 Å². The number of nitrogens with zero attached hydrogens (tertiary/aromatic N) is 1. The van der Waals surface area contributed by atoms with Gasteiger partial charge >= 0.3 is 5.63 Å². The molecule has 2 aromatic rings. The Morgan fingerprint density at radius 3 is 2.52 bits per heavy atom. The van der Waals surface area contributed by atoms with Crippen LogP contribution in [0.1, 0.15) is 26.3 Å². The molecule has 1 amide bonds. The van der Waals surface area contributed by atoms with E-state index < -0.39 is 5.63 Å². The normalized spacial score (nSPS) is 10.9. The van der Waals surface area contributed by atoms with E-state index in [1.54, 1.807) is 6.20 Å². The summed E-state index contributed by atoms with van der Waals surface area (Å²) in [6.07, 6.45) is 2.62. The minimum atomic E-state index is -0.406. The smallest absolute Gasteiger partial charge is 0.336 e. The van der Waals surface area contributed by atoms with Crippen molar-refractivity contribution < 1.29 is 9.32 Å². The second-order valence-corrected chi connectivity index (χ2v) is 5.52. The molecule has 2 rings (SSSR count). The van der Waals surface area contributed by atoms with Crippen LogP contribution in [0.3, 0.4) is 0 Å². The molecule has 1 aromatic heterocycles. The zero-order chi connectivity index (χ0) is 15.4. The molecule has 0 saturated heterocycles. The van der Waals surface area contributed by atoms with E-state index in [4.69, 9.17) is 4.52 Å². The number of rotatable bonds is 5. The van der Waals surface area contributed by atoms with E-state index in [0.29, 0.717) is 11.5 Å². The molecule has 112 valence electrons. The van der Waals surface area contributed by atoms with Crippen molar-refractivity contribution in [2.24, 2.45) is 5.92 Å². The van der Waals surface area contributed by atoms with Gasteiger partial charge in [-0.1, -0.05) is 38.1 Å². The number of benzene rings is 1. The van der Waals surface area contributed by atoms with E-state index in [2.05, 4.69) is 19.2 Å². The molecule has 0 spiro atoms. The van der Waals surface area contributed by atoms with E-state index in [0.717, 1.165) is 12.0 Å². The maximum Gasteiger partial charge on any atom is 0.365 e. The van der Waals surface area contributed by atoms with Crippen LogP contribution in [0, 0.1) is 5.92 Å². The predicted molar refractivity (Wildman–Crippen MR) is 80.8 cm³/mol. The molecule has 0 bridgehead atoms. The number of hydrogen-bond acceptors (Lipinski definition) is 3. The molecule has 0 aliphatic rings. The van der Waals surface area contributed by atoms with Crippen molar-refractivity contribution in [1.29, 1.82) is 0 Å². The summed E-state index contributed by atoms with van der Waals surface area (Å²) in [5.41, 5.74) is 2.15. The van der Waals surface area contributed by atoms with Crippen molar-refractivity contribution in [3.63, 3.8) is 0 Å². The van der Waals surface area contributed by atoms with E-state index in [9.17, 15) is 9.59 Å². The van der Waals surface area contributed by atoms with Gasteiger partial charge < -0.3 is 9.84 Å². The summed E-state index contributed by atoms with van der Waals surface area (Å²) in [6.45, 7) is 5.90. The van der Waals surface area contributed by atoms with Crippen LogP contribution in [0.15, 0.2) is 39.8 Å². The van der Waals surface area contributed by atoms with Crippen molar-refractivity contribution in [2.75, 3.05) is 0 Å². The molecule has 0 saturated carbocycles. The Morgan fingerprint density at radius 1 is 1.29 bits per heavy atom. The van der Waals surface area contributed by atoms with E-state index in [1.165, 1.54) is 17.2 Å². The van der Waals surface area contributed by atoms with Gasteiger partial charge in [-0.3, -0.25) is 4.79 Å². The third-order valence-electron chi connectivity index (χ3n) is 3.09. The lowest BCUT2D eigenvalue weighted by Crippen LogP contribution is -2.22. The zero-order valence-electron chi connectivity index (χ0n) is 12.6. The van der Waals surface area contributed by atoms with Crippen molar-refractivity contribution in [1.82, 2.24) is 10.1 Å². The molecule has 0 atom stereocenters. The van der Waals surface area contributed by atoms with Gasteiger partial charge in [0.05, 0.1) is 11.8 Å². The zero-order valence-corrected chi connectivity index (χ0v) is 12.6. The molecule has 0 unspecified atom stereocenters. The Labute approximate surface area is 123 Å². The number of aromatic nitrogens is 1. The number of hydrogen-bond donors (Lipinski definition) is 1. The van der Waals surface area contributed by atoms with Crippen molar-refractivity contribution >= 4 is 5.91 Å². The van der Waals surface area contributed by atoms with E-state index in [1.807, 2.05) is 24.3 Å². The van der Waals surface area contributed by atoms with Crippen molar-refractivity contribution in [3.05, 3.63) is 46.4 Å². The minimum absolute atomic E-state index is 0.149. The molecular weight excluding hydrogens is 268 g/mol. The van der Waals surface area contributed by atoms with Crippen LogP contribution >= 0.6 is 0 Å². The molecule has 0 radical (unpaired) electrons. The average molecular weight is 288 g/mol. The molecule has 5 heteroatoms. The van der Waals surface area contributed by atoms with Crippen LogP contribution in [-0.2, 0) is 17.9 Å². The largest absolute Gasteiger partial charge is 0.365 e. The lowest BCUT2D eigenvalue weighted by atomic mass is 10.0. The number of nitrogens with one attached hydrogen (secondary N) is 1. The summed E-state index contributed by atoms with van der Waals surface area (Å²) in [6, 6.07) is 7.90. The monoisotopic (exact) mass is 288 g/mol. The van der Waals surface area contributed by atoms with Crippen LogP contribution in [-0.4, -0.2) is 10.6 Å². The van der Waals surface area contributed by atoms with Gasteiger partial charge in [0.1, 0.15) is 6.67 Å². The lowest BCUT2D eigenvalue weighted by molar-refractivity contribution is -0.119. The van der Waals surface area contributed by atoms with Crippen LogP contribution in [0.5, 0.6) is 0 Å². The van der Waals surface area contributed by atoms with Crippen LogP contribution in [0.4, 0.5) is 0 Å². The number of carbonyl (C=O) groups is 1. The van der Waals surface area contributed by atoms with Gasteiger partial charge in [0.2, 0.25) is 5.91 Å². The first-order valence-electron chi connectivity index (χ1n) is 7.00. The maximum absolute atomic E-state index is 11.8. The fraction of sp³-hybridized carbons (Fsp3) is 0.375. The maximum atomic E-state index is 11.8. The Hall–Kier alpha value is -2.30. The highest BCUT2D eigenvalue weighted by Crippen LogP contribution is 2.18. The highest BCUT2D eigenvalue weighted by atomic mass is 16.5. The fourth-order valence-electron chi connectivity index (χ4n) is 2.13. The van der Waals surface area contributed by atoms with Gasteiger partial charge in [-0.05, 0) is 23.5 Å². The molecule has 1 N–H and O–H groups in total. The first-order valence-corrected chi connectivity index (χ1v) is 7.00. The molecule has 0 aliphatic carbocycles. The number of amides is 1. The highest BCUT2D eigenvalue weighted by Gasteiger charge is 2.09. The van der Waals surface area contributed by atoms with E-state index >= 15 is 0 Å². The fourth-order valence-corrected chi connectivity index (χ4v) is 2.13. The summed E-state index contributed by atoms with van der Waals surface area (Å²) in [7, 11) is 0. The third kappa shape index (κ3) is 4.08. The van der Waals surface area contributed by atoms with Gasteiger partial charge in [-0.15, -0.1) is 0 Å². The SMILES string of the molecule is CC(=O)NCn1cc(-c2ccc(CC(C)C)cc2)c(=O)o1. The predicted octanol–water partition coefficient (Wildman–Crippen LogP) is 2.40. The summed E-state index contributed by atoms with van der Waals surface area (Å²) in [4.78, 5) is 22.7. The van der Waals surface area contributed by atoms with Crippen LogP contribution in [0.25, 0.3) is 11.1 Å². The van der Waals surface area contributed by atoms with E-state index in [-0.39, 0.29) is 12.6 Å². The van der Waals surface area contributed by atoms with Gasteiger partial charge in [0, 0.05) is 6.92 Å². The first-order chi connectivity index (χ1) is 9.95. The Morgan fingerprint density at radius 2 is 1.95 bits per heavy atom. The minimum Gasteiger partial charge on any atom is -0.336 e. The lowest BCUT2D eigenvalue weighted by Gasteiger charge is -2.05. The second-order valence-electron chi connectivity index (χ2n) is 5.52. The van der Waals surface area contributed by atoms with Gasteiger partial charge in [0.25, 0.3) is 0 Å². The van der Waals surface area contributed by atoms with Crippen LogP contribution in [0.2, 0.25) is 0 Å². The average Bonchev–Trinajstić information content (AvgIpc) is 2.78. The molecule has 1 heterocycles. The molecular formula is C16H20N2O3. The summed E-state index contributed by atoms with van der Waals surface area (Å²) in [5.74, 6) is 0.422. The Kier molecular flexibility index (Phi) is 4.62. The van der Waals surface area contributed by atoms with Gasteiger partial charge in [-0.2, -0.15) is 4.74 Å². The Bertz CT molecular complexity index is 666. The summed E-state index contributed by atoms with van der Waals surface area (Å²) in [5, 5.41) is 2.58.